The average molecular weight is 422 g/mol. The number of thiazole rings is 1. The third-order valence-corrected chi connectivity index (χ3v) is 4.99. The fourth-order valence-electron chi connectivity index (χ4n) is 2.36. The first-order valence-corrected chi connectivity index (χ1v) is 9.84. The molecule has 0 fully saturated rings. The zero-order chi connectivity index (χ0) is 19.2. The molecule has 140 valence electrons. The Morgan fingerprint density at radius 2 is 2.04 bits per heavy atom. The number of para-hydroxylation sites is 2. The van der Waals surface area contributed by atoms with E-state index in [0.717, 1.165) is 5.56 Å². The van der Waals surface area contributed by atoms with Crippen molar-refractivity contribution in [2.24, 2.45) is 0 Å². The van der Waals surface area contributed by atoms with Crippen LogP contribution in [0.2, 0.25) is 10.0 Å². The van der Waals surface area contributed by atoms with Crippen molar-refractivity contribution in [3.8, 4) is 17.0 Å². The predicted molar refractivity (Wildman–Crippen MR) is 112 cm³/mol. The number of benzene rings is 2. The molecule has 1 aromatic heterocycles. The Labute approximate surface area is 171 Å². The quantitative estimate of drug-likeness (QED) is 0.390. The van der Waals surface area contributed by atoms with Crippen LogP contribution < -0.4 is 15.8 Å². The number of nitrogens with zero attached hydrogens (tertiary/aromatic N) is 1. The molecule has 0 atom stereocenters. The van der Waals surface area contributed by atoms with Gasteiger partial charge in [0.25, 0.3) is 0 Å². The third kappa shape index (κ3) is 5.35. The van der Waals surface area contributed by atoms with E-state index < -0.39 is 0 Å². The molecule has 0 unspecified atom stereocenters. The summed E-state index contributed by atoms with van der Waals surface area (Å²) in [5.41, 5.74) is 7.85. The molecular weight excluding hydrogens is 405 g/mol. The molecule has 0 saturated heterocycles. The van der Waals surface area contributed by atoms with Gasteiger partial charge in [0, 0.05) is 22.4 Å². The van der Waals surface area contributed by atoms with Crippen LogP contribution in [0.5, 0.6) is 5.75 Å². The highest BCUT2D eigenvalue weighted by molar-refractivity contribution is 7.14. The topological polar surface area (TPSA) is 77.2 Å². The minimum Gasteiger partial charge on any atom is -0.491 e. The summed E-state index contributed by atoms with van der Waals surface area (Å²) in [6.07, 6.45) is 0.894. The van der Waals surface area contributed by atoms with Gasteiger partial charge in [0.1, 0.15) is 5.75 Å². The van der Waals surface area contributed by atoms with Crippen molar-refractivity contribution in [1.82, 2.24) is 4.98 Å². The van der Waals surface area contributed by atoms with Crippen molar-refractivity contribution < 1.29 is 9.53 Å². The van der Waals surface area contributed by atoms with Crippen LogP contribution in [-0.2, 0) is 4.79 Å². The molecule has 3 aromatic rings. The van der Waals surface area contributed by atoms with E-state index in [9.17, 15) is 4.79 Å². The van der Waals surface area contributed by atoms with Crippen LogP contribution in [0.4, 0.5) is 10.8 Å². The number of amides is 1. The van der Waals surface area contributed by atoms with Gasteiger partial charge in [-0.3, -0.25) is 4.79 Å². The number of hydrogen-bond donors (Lipinski definition) is 2. The molecule has 8 heteroatoms. The molecule has 0 aliphatic carbocycles. The van der Waals surface area contributed by atoms with Crippen molar-refractivity contribution in [2.75, 3.05) is 17.7 Å². The molecule has 27 heavy (non-hydrogen) atoms. The Kier molecular flexibility index (Phi) is 6.55. The summed E-state index contributed by atoms with van der Waals surface area (Å²) in [6.45, 7) is 0.408. The Hall–Kier alpha value is -2.28. The van der Waals surface area contributed by atoms with E-state index >= 15 is 0 Å². The summed E-state index contributed by atoms with van der Waals surface area (Å²) in [7, 11) is 0. The second kappa shape index (κ2) is 9.08. The van der Waals surface area contributed by atoms with E-state index in [0.29, 0.717) is 51.8 Å². The maximum Gasteiger partial charge on any atom is 0.226 e. The monoisotopic (exact) mass is 421 g/mol. The minimum absolute atomic E-state index is 0.122. The first-order valence-electron chi connectivity index (χ1n) is 8.21. The highest BCUT2D eigenvalue weighted by Crippen LogP contribution is 2.32. The van der Waals surface area contributed by atoms with Crippen LogP contribution in [0, 0.1) is 0 Å². The fourth-order valence-corrected chi connectivity index (χ4v) is 3.59. The number of ether oxygens (including phenoxy) is 1. The van der Waals surface area contributed by atoms with Gasteiger partial charge in [-0.2, -0.15) is 0 Å². The largest absolute Gasteiger partial charge is 0.491 e. The normalized spacial score (nSPS) is 10.6. The average Bonchev–Trinajstić information content (AvgIpc) is 3.08. The molecule has 3 rings (SSSR count). The Bertz CT molecular complexity index is 946. The molecule has 0 saturated carbocycles. The van der Waals surface area contributed by atoms with Crippen LogP contribution in [0.15, 0.2) is 47.8 Å². The van der Waals surface area contributed by atoms with Gasteiger partial charge in [0.2, 0.25) is 5.91 Å². The van der Waals surface area contributed by atoms with Gasteiger partial charge in [0.05, 0.1) is 23.0 Å². The number of anilines is 2. The molecule has 2 aromatic carbocycles. The minimum atomic E-state index is -0.122. The second-order valence-electron chi connectivity index (χ2n) is 5.70. The predicted octanol–water partition coefficient (Wildman–Crippen LogP) is 5.50. The second-order valence-corrected chi connectivity index (χ2v) is 7.40. The summed E-state index contributed by atoms with van der Waals surface area (Å²) in [6, 6.07) is 12.5. The molecule has 1 amide bonds. The van der Waals surface area contributed by atoms with Gasteiger partial charge in [-0.15, -0.1) is 11.3 Å². The number of hydrogen-bond acceptors (Lipinski definition) is 5. The summed E-state index contributed by atoms with van der Waals surface area (Å²) in [5, 5.41) is 6.23. The molecular formula is C19H17Cl2N3O2S. The number of halogens is 2. The van der Waals surface area contributed by atoms with Crippen LogP contribution >= 0.6 is 34.5 Å². The molecule has 0 radical (unpaired) electrons. The van der Waals surface area contributed by atoms with E-state index in [2.05, 4.69) is 10.3 Å². The standard InChI is InChI=1S/C19H17Cl2N3O2S/c20-12-7-8-13(14(21)10-12)16-11-27-19(23-16)24-18(25)6-3-9-26-17-5-2-1-4-15(17)22/h1-2,4-5,7-8,10-11H,3,6,9,22H2,(H,23,24,25). The lowest BCUT2D eigenvalue weighted by molar-refractivity contribution is -0.116. The lowest BCUT2D eigenvalue weighted by Crippen LogP contribution is -2.12. The van der Waals surface area contributed by atoms with Gasteiger partial charge in [-0.1, -0.05) is 35.3 Å². The Morgan fingerprint density at radius 3 is 2.81 bits per heavy atom. The number of nitrogen functional groups attached to an aromatic ring is 1. The number of carbonyl (C=O) groups excluding carboxylic acids is 1. The van der Waals surface area contributed by atoms with Crippen molar-refractivity contribution in [3.05, 3.63) is 57.9 Å². The maximum atomic E-state index is 12.1. The summed E-state index contributed by atoms with van der Waals surface area (Å²) >= 11 is 13.4. The van der Waals surface area contributed by atoms with Crippen LogP contribution in [0.1, 0.15) is 12.8 Å². The number of rotatable bonds is 7. The molecule has 0 bridgehead atoms. The van der Waals surface area contributed by atoms with E-state index in [1.54, 1.807) is 30.3 Å². The molecule has 1 heterocycles. The van der Waals surface area contributed by atoms with Crippen molar-refractivity contribution >= 4 is 51.3 Å². The lowest BCUT2D eigenvalue weighted by atomic mass is 10.2. The van der Waals surface area contributed by atoms with Crippen molar-refractivity contribution in [1.29, 1.82) is 0 Å². The van der Waals surface area contributed by atoms with Crippen LogP contribution in [0.3, 0.4) is 0 Å². The molecule has 0 spiro atoms. The van der Waals surface area contributed by atoms with Crippen molar-refractivity contribution in [2.45, 2.75) is 12.8 Å². The van der Waals surface area contributed by atoms with Gasteiger partial charge >= 0.3 is 0 Å². The summed E-state index contributed by atoms with van der Waals surface area (Å²) in [4.78, 5) is 16.5. The summed E-state index contributed by atoms with van der Waals surface area (Å²) in [5.74, 6) is 0.505. The maximum absolute atomic E-state index is 12.1. The SMILES string of the molecule is Nc1ccccc1OCCCC(=O)Nc1nc(-c2ccc(Cl)cc2Cl)cs1. The molecule has 3 N–H and O–H groups in total. The molecule has 0 aliphatic heterocycles. The zero-order valence-corrected chi connectivity index (χ0v) is 16.6. The van der Waals surface area contributed by atoms with Gasteiger partial charge in [0.15, 0.2) is 5.13 Å². The van der Waals surface area contributed by atoms with Gasteiger partial charge < -0.3 is 15.8 Å². The molecule has 5 nitrogen and oxygen atoms in total. The fraction of sp³-hybridized carbons (Fsp3) is 0.158. The first kappa shape index (κ1) is 19.5. The lowest BCUT2D eigenvalue weighted by Gasteiger charge is -2.08. The van der Waals surface area contributed by atoms with Crippen LogP contribution in [0.25, 0.3) is 11.3 Å². The van der Waals surface area contributed by atoms with Gasteiger partial charge in [-0.25, -0.2) is 4.98 Å². The number of aromatic nitrogens is 1. The van der Waals surface area contributed by atoms with Crippen molar-refractivity contribution in [3.63, 3.8) is 0 Å². The third-order valence-electron chi connectivity index (χ3n) is 3.68. The van der Waals surface area contributed by atoms with E-state index in [1.807, 2.05) is 17.5 Å². The number of nitrogens with one attached hydrogen (secondary N) is 1. The van der Waals surface area contributed by atoms with Crippen LogP contribution in [-0.4, -0.2) is 17.5 Å². The Balaban J connectivity index is 1.49. The molecule has 0 aliphatic rings. The number of carbonyl (C=O) groups is 1. The smallest absolute Gasteiger partial charge is 0.226 e. The highest BCUT2D eigenvalue weighted by Gasteiger charge is 2.11. The Morgan fingerprint density at radius 1 is 1.22 bits per heavy atom. The number of nitrogens with two attached hydrogens (primary N) is 1. The van der Waals surface area contributed by atoms with E-state index in [1.165, 1.54) is 11.3 Å². The first-order chi connectivity index (χ1) is 13.0. The van der Waals surface area contributed by atoms with E-state index in [-0.39, 0.29) is 5.91 Å². The van der Waals surface area contributed by atoms with E-state index in [4.69, 9.17) is 33.7 Å². The van der Waals surface area contributed by atoms with Gasteiger partial charge in [-0.05, 0) is 36.8 Å². The summed E-state index contributed by atoms with van der Waals surface area (Å²) < 4.78 is 5.58. The zero-order valence-electron chi connectivity index (χ0n) is 14.2. The highest BCUT2D eigenvalue weighted by atomic mass is 35.5.